The molecule has 0 atom stereocenters. The molecule has 0 fully saturated rings. The van der Waals surface area contributed by atoms with Crippen LogP contribution in [0.3, 0.4) is 0 Å². The van der Waals surface area contributed by atoms with E-state index in [4.69, 9.17) is 0 Å². The Hall–Kier alpha value is -3.19. The summed E-state index contributed by atoms with van der Waals surface area (Å²) in [5.41, 5.74) is 4.23. The fourth-order valence-electron chi connectivity index (χ4n) is 3.13. The normalized spacial score (nSPS) is 10.8. The predicted molar refractivity (Wildman–Crippen MR) is 113 cm³/mol. The molecule has 0 saturated heterocycles. The average molecular weight is 436 g/mol. The summed E-state index contributed by atoms with van der Waals surface area (Å²) in [7, 11) is 1.83. The third kappa shape index (κ3) is 3.48. The molecule has 1 N–H and O–H groups in total. The second kappa shape index (κ2) is 7.44. The molecule has 0 aliphatic carbocycles. The molecule has 140 valence electrons. The molecule has 0 aliphatic heterocycles. The van der Waals surface area contributed by atoms with Crippen molar-refractivity contribution in [2.24, 2.45) is 7.05 Å². The Morgan fingerprint density at radius 2 is 1.79 bits per heavy atom. The highest BCUT2D eigenvalue weighted by Crippen LogP contribution is 2.32. The van der Waals surface area contributed by atoms with Crippen LogP contribution in [0, 0.1) is 6.92 Å². The maximum atomic E-state index is 12.8. The Morgan fingerprint density at radius 1 is 1.07 bits per heavy atom. The van der Waals surface area contributed by atoms with Crippen LogP contribution >= 0.6 is 15.9 Å². The van der Waals surface area contributed by atoms with Gasteiger partial charge in [-0.2, -0.15) is 10.2 Å². The molecular formula is C21H18BrN5O. The van der Waals surface area contributed by atoms with Crippen LogP contribution < -0.4 is 5.32 Å². The second-order valence-corrected chi connectivity index (χ2v) is 7.31. The minimum absolute atomic E-state index is 0.187. The molecule has 0 spiro atoms. The average Bonchev–Trinajstić information content (AvgIpc) is 3.32. The first-order valence-corrected chi connectivity index (χ1v) is 9.53. The summed E-state index contributed by atoms with van der Waals surface area (Å²) < 4.78 is 4.45. The van der Waals surface area contributed by atoms with E-state index < -0.39 is 0 Å². The summed E-state index contributed by atoms with van der Waals surface area (Å²) in [6, 6.07) is 17.1. The minimum atomic E-state index is -0.187. The molecule has 2 heterocycles. The van der Waals surface area contributed by atoms with Gasteiger partial charge >= 0.3 is 0 Å². The van der Waals surface area contributed by atoms with Gasteiger partial charge in [0.15, 0.2) is 0 Å². The second-order valence-electron chi connectivity index (χ2n) is 6.39. The quantitative estimate of drug-likeness (QED) is 0.509. The van der Waals surface area contributed by atoms with Crippen molar-refractivity contribution in [2.45, 2.75) is 6.92 Å². The van der Waals surface area contributed by atoms with Crippen LogP contribution in [0.5, 0.6) is 0 Å². The molecular weight excluding hydrogens is 418 g/mol. The van der Waals surface area contributed by atoms with Crippen molar-refractivity contribution >= 4 is 27.7 Å². The zero-order valence-electron chi connectivity index (χ0n) is 15.4. The SMILES string of the molecule is Cc1nn(C)c(NC(=O)c2ccc(-n3cccn3)cc2)c1-c1ccc(Br)cc1. The van der Waals surface area contributed by atoms with Gasteiger partial charge in [0.1, 0.15) is 5.82 Å². The standard InChI is InChI=1S/C21H18BrN5O/c1-14-19(15-4-8-17(22)9-5-15)20(26(2)25-14)24-21(28)16-6-10-18(11-7-16)27-13-3-12-23-27/h3-13H,1-2H3,(H,24,28). The first kappa shape index (κ1) is 18.2. The molecule has 0 saturated carbocycles. The van der Waals surface area contributed by atoms with Gasteiger partial charge in [-0.15, -0.1) is 0 Å². The van der Waals surface area contributed by atoms with Crippen LogP contribution in [0.25, 0.3) is 16.8 Å². The zero-order valence-corrected chi connectivity index (χ0v) is 17.0. The lowest BCUT2D eigenvalue weighted by Gasteiger charge is -2.10. The van der Waals surface area contributed by atoms with Crippen LogP contribution in [0.4, 0.5) is 5.82 Å². The Balaban J connectivity index is 1.62. The number of carbonyl (C=O) groups is 1. The molecule has 2 aromatic heterocycles. The molecule has 1 amide bonds. The zero-order chi connectivity index (χ0) is 19.7. The lowest BCUT2D eigenvalue weighted by Crippen LogP contribution is -2.15. The van der Waals surface area contributed by atoms with Crippen molar-refractivity contribution in [3.05, 3.63) is 82.7 Å². The summed E-state index contributed by atoms with van der Waals surface area (Å²) in [6.45, 7) is 1.94. The number of benzene rings is 2. The Labute approximate surface area is 170 Å². The molecule has 0 aliphatic rings. The first-order chi connectivity index (χ1) is 13.5. The summed E-state index contributed by atoms with van der Waals surface area (Å²) >= 11 is 3.45. The van der Waals surface area contributed by atoms with Crippen LogP contribution in [-0.4, -0.2) is 25.5 Å². The van der Waals surface area contributed by atoms with E-state index in [1.807, 2.05) is 62.6 Å². The van der Waals surface area contributed by atoms with E-state index in [0.717, 1.165) is 27.0 Å². The van der Waals surface area contributed by atoms with E-state index in [0.29, 0.717) is 11.4 Å². The summed E-state index contributed by atoms with van der Waals surface area (Å²) in [4.78, 5) is 12.8. The van der Waals surface area contributed by atoms with Gasteiger partial charge in [0.25, 0.3) is 5.91 Å². The predicted octanol–water partition coefficient (Wildman–Crippen LogP) is 4.60. The van der Waals surface area contributed by atoms with Crippen LogP contribution in [-0.2, 0) is 7.05 Å². The first-order valence-electron chi connectivity index (χ1n) is 8.74. The van der Waals surface area contributed by atoms with Gasteiger partial charge in [0.05, 0.1) is 11.4 Å². The van der Waals surface area contributed by atoms with Crippen molar-refractivity contribution in [3.63, 3.8) is 0 Å². The van der Waals surface area contributed by atoms with Crippen molar-refractivity contribution in [1.29, 1.82) is 0 Å². The van der Waals surface area contributed by atoms with E-state index in [-0.39, 0.29) is 5.91 Å². The molecule has 6 nitrogen and oxygen atoms in total. The number of hydrogen-bond acceptors (Lipinski definition) is 3. The van der Waals surface area contributed by atoms with Crippen molar-refractivity contribution < 1.29 is 4.79 Å². The number of rotatable bonds is 4. The van der Waals surface area contributed by atoms with Gasteiger partial charge in [0.2, 0.25) is 0 Å². The monoisotopic (exact) mass is 435 g/mol. The number of nitrogens with one attached hydrogen (secondary N) is 1. The van der Waals surface area contributed by atoms with Gasteiger partial charge in [-0.05, 0) is 55.0 Å². The van der Waals surface area contributed by atoms with Crippen molar-refractivity contribution in [1.82, 2.24) is 19.6 Å². The summed E-state index contributed by atoms with van der Waals surface area (Å²) in [5, 5.41) is 11.7. The number of carbonyl (C=O) groups excluding carboxylic acids is 1. The molecule has 0 bridgehead atoms. The van der Waals surface area contributed by atoms with Gasteiger partial charge in [0, 0.05) is 35.0 Å². The number of amides is 1. The third-order valence-electron chi connectivity index (χ3n) is 4.49. The molecule has 2 aromatic carbocycles. The van der Waals surface area contributed by atoms with Crippen LogP contribution in [0.1, 0.15) is 16.1 Å². The maximum absolute atomic E-state index is 12.8. The molecule has 28 heavy (non-hydrogen) atoms. The number of anilines is 1. The van der Waals surface area contributed by atoms with E-state index in [2.05, 4.69) is 31.4 Å². The molecule has 4 rings (SSSR count). The van der Waals surface area contributed by atoms with Gasteiger partial charge in [-0.25, -0.2) is 4.68 Å². The van der Waals surface area contributed by atoms with E-state index >= 15 is 0 Å². The van der Waals surface area contributed by atoms with Gasteiger partial charge < -0.3 is 5.32 Å². The number of aromatic nitrogens is 4. The number of halogens is 1. The highest BCUT2D eigenvalue weighted by Gasteiger charge is 2.18. The van der Waals surface area contributed by atoms with Gasteiger partial charge in [-0.3, -0.25) is 9.48 Å². The fraction of sp³-hybridized carbons (Fsp3) is 0.0952. The third-order valence-corrected chi connectivity index (χ3v) is 5.01. The minimum Gasteiger partial charge on any atom is -0.306 e. The highest BCUT2D eigenvalue weighted by atomic mass is 79.9. The van der Waals surface area contributed by atoms with E-state index in [9.17, 15) is 4.79 Å². The Morgan fingerprint density at radius 3 is 2.43 bits per heavy atom. The highest BCUT2D eigenvalue weighted by molar-refractivity contribution is 9.10. The Kier molecular flexibility index (Phi) is 4.83. The van der Waals surface area contributed by atoms with Gasteiger partial charge in [-0.1, -0.05) is 28.1 Å². The van der Waals surface area contributed by atoms with Crippen LogP contribution in [0.15, 0.2) is 71.5 Å². The van der Waals surface area contributed by atoms with E-state index in [1.54, 1.807) is 27.7 Å². The molecule has 7 heteroatoms. The van der Waals surface area contributed by atoms with Crippen molar-refractivity contribution in [3.8, 4) is 16.8 Å². The maximum Gasteiger partial charge on any atom is 0.256 e. The fourth-order valence-corrected chi connectivity index (χ4v) is 3.39. The lowest BCUT2D eigenvalue weighted by molar-refractivity contribution is 0.102. The van der Waals surface area contributed by atoms with Crippen LogP contribution in [0.2, 0.25) is 0 Å². The molecule has 0 radical (unpaired) electrons. The summed E-state index contributed by atoms with van der Waals surface area (Å²) in [6.07, 6.45) is 3.58. The lowest BCUT2D eigenvalue weighted by atomic mass is 10.1. The van der Waals surface area contributed by atoms with Crippen molar-refractivity contribution in [2.75, 3.05) is 5.32 Å². The molecule has 0 unspecified atom stereocenters. The largest absolute Gasteiger partial charge is 0.306 e. The summed E-state index contributed by atoms with van der Waals surface area (Å²) in [5.74, 6) is 0.481. The smallest absolute Gasteiger partial charge is 0.256 e. The number of aryl methyl sites for hydroxylation is 2. The number of hydrogen-bond donors (Lipinski definition) is 1. The van der Waals surface area contributed by atoms with E-state index in [1.165, 1.54) is 0 Å². The number of nitrogens with zero attached hydrogens (tertiary/aromatic N) is 4. The Bertz CT molecular complexity index is 1110. The molecule has 4 aromatic rings. The topological polar surface area (TPSA) is 64.7 Å².